The van der Waals surface area contributed by atoms with Crippen LogP contribution < -0.4 is 5.56 Å². The van der Waals surface area contributed by atoms with E-state index in [2.05, 4.69) is 5.10 Å². The van der Waals surface area contributed by atoms with Crippen LogP contribution in [0, 0.1) is 22.7 Å². The molecule has 0 amide bonds. The van der Waals surface area contributed by atoms with Gasteiger partial charge in [-0.05, 0) is 6.92 Å². The summed E-state index contributed by atoms with van der Waals surface area (Å²) in [6.45, 7) is 0.918. The van der Waals surface area contributed by atoms with E-state index in [0.717, 1.165) is 10.9 Å². The molecular formula is C10H8Cl2N4O2. The van der Waals surface area contributed by atoms with Gasteiger partial charge in [-0.1, -0.05) is 23.2 Å². The van der Waals surface area contributed by atoms with Gasteiger partial charge in [0.25, 0.3) is 5.56 Å². The lowest BCUT2D eigenvalue weighted by Gasteiger charge is -2.08. The normalized spacial score (nSPS) is 11.7. The highest BCUT2D eigenvalue weighted by atomic mass is 35.5. The highest BCUT2D eigenvalue weighted by Gasteiger charge is 2.21. The van der Waals surface area contributed by atoms with Gasteiger partial charge >= 0.3 is 0 Å². The number of ketones is 1. The molecule has 94 valence electrons. The summed E-state index contributed by atoms with van der Waals surface area (Å²) < 4.78 is 0.809. The Morgan fingerprint density at radius 2 is 2.28 bits per heavy atom. The molecule has 8 heteroatoms. The topological polar surface area (TPSA) is 99.6 Å². The van der Waals surface area contributed by atoms with Crippen LogP contribution in [0.15, 0.2) is 11.0 Å². The summed E-state index contributed by atoms with van der Waals surface area (Å²) in [7, 11) is 0. The molecule has 0 saturated carbocycles. The Hall–Kier alpha value is -1.71. The number of aromatic nitrogens is 2. The van der Waals surface area contributed by atoms with Crippen LogP contribution in [-0.4, -0.2) is 21.3 Å². The molecule has 0 saturated heterocycles. The molecule has 0 aromatic carbocycles. The van der Waals surface area contributed by atoms with Gasteiger partial charge in [-0.25, -0.2) is 4.68 Å². The van der Waals surface area contributed by atoms with Crippen molar-refractivity contribution in [3.05, 3.63) is 26.6 Å². The average Bonchev–Trinajstić information content (AvgIpc) is 2.30. The van der Waals surface area contributed by atoms with Crippen molar-refractivity contribution >= 4 is 34.7 Å². The van der Waals surface area contributed by atoms with E-state index in [0.29, 0.717) is 0 Å². The van der Waals surface area contributed by atoms with Crippen LogP contribution in [0.2, 0.25) is 10.0 Å². The Bertz CT molecular complexity index is 603. The number of halogens is 2. The molecule has 0 aliphatic carbocycles. The largest absolute Gasteiger partial charge is 0.308 e. The third kappa shape index (κ3) is 2.94. The fourth-order valence-corrected chi connectivity index (χ4v) is 1.48. The molecule has 1 atom stereocenters. The molecule has 0 aliphatic heterocycles. The molecule has 1 N–H and O–H groups in total. The summed E-state index contributed by atoms with van der Waals surface area (Å²) in [6, 6.07) is 1.69. The predicted octanol–water partition coefficient (Wildman–Crippen LogP) is 1.30. The average molecular weight is 287 g/mol. The van der Waals surface area contributed by atoms with Crippen molar-refractivity contribution in [2.45, 2.75) is 13.5 Å². The zero-order valence-electron chi connectivity index (χ0n) is 9.28. The lowest BCUT2D eigenvalue weighted by Crippen LogP contribution is -2.31. The van der Waals surface area contributed by atoms with Gasteiger partial charge in [-0.2, -0.15) is 10.4 Å². The number of hydrogen-bond donors (Lipinski definition) is 1. The van der Waals surface area contributed by atoms with Crippen molar-refractivity contribution < 1.29 is 4.79 Å². The number of Topliss-reactive ketones (excluding diaryl/α,β-unsaturated/α-hetero) is 1. The van der Waals surface area contributed by atoms with Crippen LogP contribution in [0.1, 0.15) is 6.92 Å². The number of carbonyl (C=O) groups is 1. The molecule has 1 unspecified atom stereocenters. The molecule has 1 aromatic heterocycles. The van der Waals surface area contributed by atoms with Crippen molar-refractivity contribution in [1.29, 1.82) is 10.7 Å². The molecule has 1 rings (SSSR count). The van der Waals surface area contributed by atoms with E-state index < -0.39 is 23.8 Å². The van der Waals surface area contributed by atoms with Crippen molar-refractivity contribution in [2.24, 2.45) is 5.92 Å². The van der Waals surface area contributed by atoms with Gasteiger partial charge in [-0.3, -0.25) is 9.59 Å². The van der Waals surface area contributed by atoms with Gasteiger partial charge in [-0.15, -0.1) is 0 Å². The zero-order chi connectivity index (χ0) is 13.9. The summed E-state index contributed by atoms with van der Waals surface area (Å²) in [4.78, 5) is 23.3. The standard InChI is InChI=1S/C10H8Cl2N4O2/c1-5(14)6(2-13)8(17)4-16-10(18)9(12)7(11)3-15-16/h3,6,14H,4H2,1H3. The van der Waals surface area contributed by atoms with E-state index in [1.165, 1.54) is 6.92 Å². The van der Waals surface area contributed by atoms with Crippen LogP contribution >= 0.6 is 23.2 Å². The van der Waals surface area contributed by atoms with Gasteiger partial charge < -0.3 is 5.41 Å². The fourth-order valence-electron chi connectivity index (χ4n) is 1.21. The van der Waals surface area contributed by atoms with E-state index in [1.54, 1.807) is 6.07 Å². The summed E-state index contributed by atoms with van der Waals surface area (Å²) in [5.41, 5.74) is -0.799. The van der Waals surface area contributed by atoms with E-state index in [-0.39, 0.29) is 15.8 Å². The van der Waals surface area contributed by atoms with Gasteiger partial charge in [0.2, 0.25) is 0 Å². The van der Waals surface area contributed by atoms with E-state index in [9.17, 15) is 9.59 Å². The Labute approximate surface area is 112 Å². The maximum Gasteiger partial charge on any atom is 0.287 e. The van der Waals surface area contributed by atoms with Gasteiger partial charge in [0.05, 0.1) is 17.3 Å². The second-order valence-corrected chi connectivity index (χ2v) is 4.27. The summed E-state index contributed by atoms with van der Waals surface area (Å²) >= 11 is 11.2. The van der Waals surface area contributed by atoms with E-state index in [4.69, 9.17) is 33.9 Å². The minimum atomic E-state index is -1.19. The van der Waals surface area contributed by atoms with Crippen LogP contribution in [0.5, 0.6) is 0 Å². The third-order valence-electron chi connectivity index (χ3n) is 2.13. The first-order valence-corrected chi connectivity index (χ1v) is 5.52. The first-order chi connectivity index (χ1) is 8.38. The van der Waals surface area contributed by atoms with Gasteiger partial charge in [0, 0.05) is 5.71 Å². The second-order valence-electron chi connectivity index (χ2n) is 3.48. The van der Waals surface area contributed by atoms with Crippen LogP contribution in [0.3, 0.4) is 0 Å². The van der Waals surface area contributed by atoms with Crippen molar-refractivity contribution in [3.63, 3.8) is 0 Å². The first kappa shape index (κ1) is 14.4. The van der Waals surface area contributed by atoms with Crippen molar-refractivity contribution in [2.75, 3.05) is 0 Å². The van der Waals surface area contributed by atoms with Crippen molar-refractivity contribution in [3.8, 4) is 6.07 Å². The quantitative estimate of drug-likeness (QED) is 0.843. The van der Waals surface area contributed by atoms with E-state index >= 15 is 0 Å². The molecule has 0 fully saturated rings. The highest BCUT2D eigenvalue weighted by Crippen LogP contribution is 2.14. The SMILES string of the molecule is CC(=N)C(C#N)C(=O)Cn1ncc(Cl)c(Cl)c1=O. The molecule has 1 aromatic rings. The molecule has 0 bridgehead atoms. The van der Waals surface area contributed by atoms with Gasteiger partial charge in [0.15, 0.2) is 5.78 Å². The number of hydrogen-bond acceptors (Lipinski definition) is 5. The molecule has 0 aliphatic rings. The maximum absolute atomic E-state index is 11.7. The monoisotopic (exact) mass is 286 g/mol. The van der Waals surface area contributed by atoms with Crippen LogP contribution in [0.4, 0.5) is 0 Å². The number of nitriles is 1. The Kier molecular flexibility index (Phi) is 4.59. The first-order valence-electron chi connectivity index (χ1n) is 4.77. The number of nitrogens with one attached hydrogen (secondary N) is 1. The molecule has 0 radical (unpaired) electrons. The lowest BCUT2D eigenvalue weighted by atomic mass is 10.0. The minimum absolute atomic E-state index is 0.00886. The third-order valence-corrected chi connectivity index (χ3v) is 2.88. The predicted molar refractivity (Wildman–Crippen MR) is 66.0 cm³/mol. The highest BCUT2D eigenvalue weighted by molar-refractivity contribution is 6.41. The van der Waals surface area contributed by atoms with Crippen LogP contribution in [-0.2, 0) is 11.3 Å². The number of nitrogens with zero attached hydrogens (tertiary/aromatic N) is 3. The maximum atomic E-state index is 11.7. The molecule has 6 nitrogen and oxygen atoms in total. The van der Waals surface area contributed by atoms with Gasteiger partial charge in [0.1, 0.15) is 17.5 Å². The number of carbonyl (C=O) groups excluding carboxylic acids is 1. The van der Waals surface area contributed by atoms with Crippen molar-refractivity contribution in [1.82, 2.24) is 9.78 Å². The molecule has 0 spiro atoms. The number of rotatable bonds is 4. The lowest BCUT2D eigenvalue weighted by molar-refractivity contribution is -0.120. The molecular weight excluding hydrogens is 279 g/mol. The van der Waals surface area contributed by atoms with E-state index in [1.807, 2.05) is 0 Å². The summed E-state index contributed by atoms with van der Waals surface area (Å²) in [5.74, 6) is -1.79. The molecule has 18 heavy (non-hydrogen) atoms. The van der Waals surface area contributed by atoms with Crippen LogP contribution in [0.25, 0.3) is 0 Å². The summed E-state index contributed by atoms with van der Waals surface area (Å²) in [6.07, 6.45) is 1.14. The molecule has 1 heterocycles. The Balaban J connectivity index is 3.04. The Morgan fingerprint density at radius 1 is 1.67 bits per heavy atom. The fraction of sp³-hybridized carbons (Fsp3) is 0.300. The second kappa shape index (κ2) is 5.76. The zero-order valence-corrected chi connectivity index (χ0v) is 10.8. The summed E-state index contributed by atoms with van der Waals surface area (Å²) in [5, 5.41) is 19.4. The Morgan fingerprint density at radius 3 is 2.78 bits per heavy atom. The minimum Gasteiger partial charge on any atom is -0.308 e. The smallest absolute Gasteiger partial charge is 0.287 e.